The van der Waals surface area contributed by atoms with Crippen molar-refractivity contribution in [3.63, 3.8) is 0 Å². The molecule has 0 saturated heterocycles. The summed E-state index contributed by atoms with van der Waals surface area (Å²) in [6.07, 6.45) is 0. The lowest BCUT2D eigenvalue weighted by Gasteiger charge is -2.18. The van der Waals surface area contributed by atoms with Crippen LogP contribution in [0.5, 0.6) is 0 Å². The zero-order valence-corrected chi connectivity index (χ0v) is 16.2. The zero-order chi connectivity index (χ0) is 19.1. The number of carbonyl (C=O) groups is 2. The average Bonchev–Trinajstić information content (AvgIpc) is 2.63. The van der Waals surface area contributed by atoms with Gasteiger partial charge in [-0.3, -0.25) is 14.9 Å². The molecule has 0 aliphatic heterocycles. The van der Waals surface area contributed by atoms with Gasteiger partial charge in [0.1, 0.15) is 0 Å². The van der Waals surface area contributed by atoms with Crippen molar-refractivity contribution < 1.29 is 9.59 Å². The van der Waals surface area contributed by atoms with Crippen molar-refractivity contribution in [3.8, 4) is 0 Å². The first-order valence-corrected chi connectivity index (χ1v) is 9.01. The number of carbonyl (C=O) groups excluding carboxylic acids is 2. The molecule has 7 heteroatoms. The fraction of sp³-hybridized carbons (Fsp3) is 0.211. The van der Waals surface area contributed by atoms with Crippen LogP contribution in [0.2, 0.25) is 5.02 Å². The molecule has 2 N–H and O–H groups in total. The first-order valence-electron chi connectivity index (χ1n) is 8.22. The van der Waals surface area contributed by atoms with Gasteiger partial charge in [-0.1, -0.05) is 23.7 Å². The van der Waals surface area contributed by atoms with Crippen molar-refractivity contribution in [1.29, 1.82) is 0 Å². The van der Waals surface area contributed by atoms with Gasteiger partial charge in [0, 0.05) is 24.3 Å². The summed E-state index contributed by atoms with van der Waals surface area (Å²) < 4.78 is 0. The molecule has 26 heavy (non-hydrogen) atoms. The number of nitrogens with zero attached hydrogens (tertiary/aromatic N) is 1. The van der Waals surface area contributed by atoms with Crippen molar-refractivity contribution >= 4 is 46.4 Å². The summed E-state index contributed by atoms with van der Waals surface area (Å²) in [6.45, 7) is 5.20. The van der Waals surface area contributed by atoms with Crippen molar-refractivity contribution in [2.24, 2.45) is 0 Å². The first-order chi connectivity index (χ1) is 12.5. The monoisotopic (exact) mass is 389 g/mol. The van der Waals surface area contributed by atoms with Crippen LogP contribution in [0.15, 0.2) is 48.5 Å². The minimum Gasteiger partial charge on any atom is -0.339 e. The smallest absolute Gasteiger partial charge is 0.258 e. The molecule has 0 unspecified atom stereocenters. The highest BCUT2D eigenvalue weighted by Gasteiger charge is 2.13. The van der Waals surface area contributed by atoms with Crippen LogP contribution in [0.25, 0.3) is 0 Å². The number of rotatable bonds is 5. The Balaban J connectivity index is 1.98. The number of hydrogen-bond acceptors (Lipinski definition) is 3. The molecular formula is C19H20ClN3O2S. The summed E-state index contributed by atoms with van der Waals surface area (Å²) in [7, 11) is 0. The van der Waals surface area contributed by atoms with Crippen LogP contribution in [-0.2, 0) is 0 Å². The second kappa shape index (κ2) is 9.31. The van der Waals surface area contributed by atoms with Crippen LogP contribution in [0, 0.1) is 0 Å². The number of halogens is 1. The summed E-state index contributed by atoms with van der Waals surface area (Å²) >= 11 is 11.2. The predicted molar refractivity (Wildman–Crippen MR) is 109 cm³/mol. The normalized spacial score (nSPS) is 10.1. The largest absolute Gasteiger partial charge is 0.339 e. The average molecular weight is 390 g/mol. The first kappa shape index (κ1) is 19.9. The van der Waals surface area contributed by atoms with Gasteiger partial charge in [-0.15, -0.1) is 0 Å². The summed E-state index contributed by atoms with van der Waals surface area (Å²) in [5.74, 6) is -0.405. The Labute approximate surface area is 163 Å². The minimum atomic E-state index is -0.388. The maximum atomic E-state index is 12.3. The molecule has 0 bridgehead atoms. The van der Waals surface area contributed by atoms with E-state index >= 15 is 0 Å². The summed E-state index contributed by atoms with van der Waals surface area (Å²) in [4.78, 5) is 26.2. The lowest BCUT2D eigenvalue weighted by molar-refractivity contribution is 0.0772. The van der Waals surface area contributed by atoms with Crippen LogP contribution >= 0.6 is 23.8 Å². The standard InChI is InChI=1S/C19H20ClN3O2S/c1-3-23(4-2)18(25)13-9-11-14(12-10-13)21-19(26)22-17(24)15-7-5-6-8-16(15)20/h5-12H,3-4H2,1-2H3,(H2,21,22,24,26). The van der Waals surface area contributed by atoms with Gasteiger partial charge in [-0.05, 0) is 62.5 Å². The topological polar surface area (TPSA) is 61.4 Å². The van der Waals surface area contributed by atoms with Crippen LogP contribution < -0.4 is 10.6 Å². The number of thiocarbonyl (C=S) groups is 1. The third-order valence-corrected chi connectivity index (χ3v) is 4.32. The molecule has 0 atom stereocenters. The Morgan fingerprint density at radius 3 is 2.23 bits per heavy atom. The van der Waals surface area contributed by atoms with Gasteiger partial charge < -0.3 is 10.2 Å². The van der Waals surface area contributed by atoms with E-state index in [9.17, 15) is 9.59 Å². The minimum absolute atomic E-state index is 0.0175. The van der Waals surface area contributed by atoms with E-state index in [1.54, 1.807) is 53.4 Å². The number of benzene rings is 2. The molecule has 2 rings (SSSR count). The van der Waals surface area contributed by atoms with Gasteiger partial charge in [0.05, 0.1) is 10.6 Å². The lowest BCUT2D eigenvalue weighted by atomic mass is 10.2. The van der Waals surface area contributed by atoms with Crippen LogP contribution in [0.4, 0.5) is 5.69 Å². The third kappa shape index (κ3) is 5.03. The van der Waals surface area contributed by atoms with Gasteiger partial charge in [-0.25, -0.2) is 0 Å². The van der Waals surface area contributed by atoms with E-state index in [0.717, 1.165) is 0 Å². The van der Waals surface area contributed by atoms with E-state index < -0.39 is 0 Å². The number of amides is 2. The highest BCUT2D eigenvalue weighted by Crippen LogP contribution is 2.15. The van der Waals surface area contributed by atoms with E-state index in [1.807, 2.05) is 13.8 Å². The zero-order valence-electron chi connectivity index (χ0n) is 14.6. The maximum Gasteiger partial charge on any atom is 0.258 e. The van der Waals surface area contributed by atoms with E-state index in [1.165, 1.54) is 0 Å². The van der Waals surface area contributed by atoms with Gasteiger partial charge in [-0.2, -0.15) is 0 Å². The summed E-state index contributed by atoms with van der Waals surface area (Å²) in [5.41, 5.74) is 1.62. The summed E-state index contributed by atoms with van der Waals surface area (Å²) in [6, 6.07) is 13.7. The maximum absolute atomic E-state index is 12.3. The SMILES string of the molecule is CCN(CC)C(=O)c1ccc(NC(=S)NC(=O)c2ccccc2Cl)cc1. The highest BCUT2D eigenvalue weighted by molar-refractivity contribution is 7.80. The molecule has 0 heterocycles. The number of hydrogen-bond donors (Lipinski definition) is 2. The van der Waals surface area contributed by atoms with E-state index in [-0.39, 0.29) is 16.9 Å². The number of anilines is 1. The number of nitrogens with one attached hydrogen (secondary N) is 2. The lowest BCUT2D eigenvalue weighted by Crippen LogP contribution is -2.34. The van der Waals surface area contributed by atoms with Gasteiger partial charge >= 0.3 is 0 Å². The Morgan fingerprint density at radius 1 is 1.04 bits per heavy atom. The molecule has 2 aromatic rings. The van der Waals surface area contributed by atoms with Crippen molar-refractivity contribution in [2.45, 2.75) is 13.8 Å². The fourth-order valence-corrected chi connectivity index (χ4v) is 2.80. The van der Waals surface area contributed by atoms with Crippen molar-refractivity contribution in [1.82, 2.24) is 10.2 Å². The molecule has 5 nitrogen and oxygen atoms in total. The van der Waals surface area contributed by atoms with Crippen LogP contribution in [0.1, 0.15) is 34.6 Å². The van der Waals surface area contributed by atoms with Gasteiger partial charge in [0.15, 0.2) is 5.11 Å². The molecule has 0 fully saturated rings. The van der Waals surface area contributed by atoms with Crippen molar-refractivity contribution in [2.75, 3.05) is 18.4 Å². The highest BCUT2D eigenvalue weighted by atomic mass is 35.5. The Morgan fingerprint density at radius 2 is 1.65 bits per heavy atom. The van der Waals surface area contributed by atoms with Crippen molar-refractivity contribution in [3.05, 3.63) is 64.7 Å². The quantitative estimate of drug-likeness (QED) is 0.760. The van der Waals surface area contributed by atoms with Crippen LogP contribution in [-0.4, -0.2) is 34.9 Å². The molecule has 0 radical (unpaired) electrons. The molecule has 0 aliphatic rings. The van der Waals surface area contributed by atoms with Gasteiger partial charge in [0.2, 0.25) is 0 Å². The third-order valence-electron chi connectivity index (χ3n) is 3.79. The second-order valence-corrected chi connectivity index (χ2v) is 6.26. The molecular weight excluding hydrogens is 370 g/mol. The molecule has 136 valence electrons. The Hall–Kier alpha value is -2.44. The molecule has 2 amide bonds. The second-order valence-electron chi connectivity index (χ2n) is 5.44. The van der Waals surface area contributed by atoms with Gasteiger partial charge in [0.25, 0.3) is 11.8 Å². The molecule has 0 aromatic heterocycles. The fourth-order valence-electron chi connectivity index (χ4n) is 2.37. The Kier molecular flexibility index (Phi) is 7.12. The molecule has 2 aromatic carbocycles. The van der Waals surface area contributed by atoms with E-state index in [4.69, 9.17) is 23.8 Å². The Bertz CT molecular complexity index is 805. The molecule has 0 saturated carbocycles. The van der Waals surface area contributed by atoms with E-state index in [2.05, 4.69) is 10.6 Å². The van der Waals surface area contributed by atoms with E-state index in [0.29, 0.717) is 34.9 Å². The summed E-state index contributed by atoms with van der Waals surface area (Å²) in [5, 5.41) is 6.00. The van der Waals surface area contributed by atoms with Crippen LogP contribution in [0.3, 0.4) is 0 Å². The molecule has 0 aliphatic carbocycles. The molecule has 0 spiro atoms. The predicted octanol–water partition coefficient (Wildman–Crippen LogP) is 3.95.